The summed E-state index contributed by atoms with van der Waals surface area (Å²) < 4.78 is 55.7. The van der Waals surface area contributed by atoms with E-state index in [0.717, 1.165) is 37.2 Å². The van der Waals surface area contributed by atoms with Crippen molar-refractivity contribution in [2.75, 3.05) is 44.2 Å². The van der Waals surface area contributed by atoms with Gasteiger partial charge in [0.25, 0.3) is 0 Å². The molecular formula is C31H38F3N3O6. The molecule has 3 aliphatic heterocycles. The summed E-state index contributed by atoms with van der Waals surface area (Å²) in [6.45, 7) is 3.39. The first-order valence-corrected chi connectivity index (χ1v) is 14.8. The number of fused-ring (bicyclic) bond motifs is 1. The van der Waals surface area contributed by atoms with Crippen molar-refractivity contribution in [3.63, 3.8) is 0 Å². The third-order valence-corrected chi connectivity index (χ3v) is 8.11. The van der Waals surface area contributed by atoms with Gasteiger partial charge < -0.3 is 29.1 Å². The lowest BCUT2D eigenvalue weighted by Crippen LogP contribution is -2.50. The SMILES string of the molecule is CC(O)CN1CCC(Oc2ccc(CC(=O)N3CCC(N4C(=O)OCc5ccccc54)CC3)c(OCC(F)(F)F)c2)CC1. The molecule has 0 aliphatic carbocycles. The molecule has 3 aliphatic rings. The fourth-order valence-corrected chi connectivity index (χ4v) is 5.99. The van der Waals surface area contributed by atoms with Crippen molar-refractivity contribution in [3.05, 3.63) is 53.6 Å². The fraction of sp³-hybridized carbons (Fsp3) is 0.548. The average Bonchev–Trinajstić information content (AvgIpc) is 2.97. The number of aliphatic hydroxyl groups excluding tert-OH is 1. The third-order valence-electron chi connectivity index (χ3n) is 8.11. The highest BCUT2D eigenvalue weighted by Gasteiger charge is 2.35. The topological polar surface area (TPSA) is 91.8 Å². The minimum Gasteiger partial charge on any atom is -0.490 e. The van der Waals surface area contributed by atoms with Gasteiger partial charge in [-0.2, -0.15) is 13.2 Å². The van der Waals surface area contributed by atoms with Gasteiger partial charge in [0.1, 0.15) is 24.2 Å². The summed E-state index contributed by atoms with van der Waals surface area (Å²) in [4.78, 5) is 31.4. The largest absolute Gasteiger partial charge is 0.490 e. The van der Waals surface area contributed by atoms with Crippen molar-refractivity contribution >= 4 is 17.7 Å². The maximum Gasteiger partial charge on any atom is 0.422 e. The van der Waals surface area contributed by atoms with Crippen molar-refractivity contribution < 1.29 is 42.1 Å². The number of cyclic esters (lactones) is 1. The van der Waals surface area contributed by atoms with Crippen molar-refractivity contribution in [1.82, 2.24) is 9.80 Å². The molecule has 12 heteroatoms. The van der Waals surface area contributed by atoms with Crippen LogP contribution >= 0.6 is 0 Å². The van der Waals surface area contributed by atoms with E-state index in [1.54, 1.807) is 28.9 Å². The number of anilines is 1. The number of benzene rings is 2. The number of aliphatic hydroxyl groups is 1. The maximum absolute atomic E-state index is 13.3. The van der Waals surface area contributed by atoms with E-state index in [9.17, 15) is 27.9 Å². The normalized spacial score (nSPS) is 19.5. The monoisotopic (exact) mass is 605 g/mol. The number of amides is 2. The first kappa shape index (κ1) is 30.9. The van der Waals surface area contributed by atoms with E-state index in [1.165, 1.54) is 6.07 Å². The van der Waals surface area contributed by atoms with Crippen LogP contribution < -0.4 is 14.4 Å². The van der Waals surface area contributed by atoms with E-state index in [1.807, 2.05) is 24.3 Å². The molecule has 0 radical (unpaired) electrons. The molecule has 1 atom stereocenters. The van der Waals surface area contributed by atoms with Crippen molar-refractivity contribution in [2.45, 2.75) is 70.1 Å². The number of carbonyl (C=O) groups is 2. The molecule has 0 spiro atoms. The summed E-state index contributed by atoms with van der Waals surface area (Å²) in [6, 6.07) is 12.1. The van der Waals surface area contributed by atoms with Gasteiger partial charge in [0, 0.05) is 56.0 Å². The molecule has 2 saturated heterocycles. The number of halogens is 3. The molecule has 0 bridgehead atoms. The highest BCUT2D eigenvalue weighted by Crippen LogP contribution is 2.33. The molecule has 234 valence electrons. The highest BCUT2D eigenvalue weighted by atomic mass is 19.4. The molecular weight excluding hydrogens is 567 g/mol. The number of rotatable bonds is 9. The van der Waals surface area contributed by atoms with Crippen LogP contribution in [0.15, 0.2) is 42.5 Å². The number of likely N-dealkylation sites (tertiary alicyclic amines) is 2. The standard InChI is InChI=1S/C31H38F3N3O6/c1-21(38)18-35-12-10-25(11-13-35)43-26-7-6-22(28(17-26)42-20-31(32,33)34)16-29(39)36-14-8-24(9-15-36)37-27-5-3-2-4-23(27)19-41-30(37)40/h2-7,17,21,24-25,38H,8-16,18-20H2,1H3. The van der Waals surface area contributed by atoms with E-state index in [2.05, 4.69) is 4.90 Å². The Morgan fingerprint density at radius 1 is 1.07 bits per heavy atom. The van der Waals surface area contributed by atoms with Gasteiger partial charge in [-0.1, -0.05) is 24.3 Å². The zero-order valence-electron chi connectivity index (χ0n) is 24.2. The van der Waals surface area contributed by atoms with Gasteiger partial charge in [-0.15, -0.1) is 0 Å². The smallest absolute Gasteiger partial charge is 0.422 e. The minimum atomic E-state index is -4.54. The number of nitrogens with zero attached hydrogens (tertiary/aromatic N) is 3. The van der Waals surface area contributed by atoms with Crippen molar-refractivity contribution in [1.29, 1.82) is 0 Å². The molecule has 5 rings (SSSR count). The summed E-state index contributed by atoms with van der Waals surface area (Å²) in [5, 5.41) is 9.61. The minimum absolute atomic E-state index is 0.0303. The van der Waals surface area contributed by atoms with Gasteiger partial charge in [-0.25, -0.2) is 4.79 Å². The summed E-state index contributed by atoms with van der Waals surface area (Å²) >= 11 is 0. The Morgan fingerprint density at radius 3 is 2.49 bits per heavy atom. The summed E-state index contributed by atoms with van der Waals surface area (Å²) in [5.41, 5.74) is 2.10. The molecule has 2 aromatic rings. The average molecular weight is 606 g/mol. The van der Waals surface area contributed by atoms with Crippen LogP contribution in [0.3, 0.4) is 0 Å². The Labute approximate surface area is 249 Å². The number of hydrogen-bond acceptors (Lipinski definition) is 7. The summed E-state index contributed by atoms with van der Waals surface area (Å²) in [5.74, 6) is 0.130. The first-order valence-electron chi connectivity index (χ1n) is 14.8. The van der Waals surface area contributed by atoms with Gasteiger partial charge in [0.05, 0.1) is 18.2 Å². The number of β-amino-alcohol motifs (C(OH)–C–C–N with tert-alkyl or cyclic N) is 1. The summed E-state index contributed by atoms with van der Waals surface area (Å²) in [6.07, 6.45) is -3.04. The zero-order valence-corrected chi connectivity index (χ0v) is 24.2. The van der Waals surface area contributed by atoms with Gasteiger partial charge in [-0.3, -0.25) is 9.69 Å². The van der Waals surface area contributed by atoms with Crippen molar-refractivity contribution in [3.8, 4) is 11.5 Å². The van der Waals surface area contributed by atoms with Gasteiger partial charge in [-0.05, 0) is 44.7 Å². The molecule has 0 aromatic heterocycles. The van der Waals surface area contributed by atoms with E-state index in [-0.39, 0.29) is 36.8 Å². The Balaban J connectivity index is 1.20. The molecule has 1 N–H and O–H groups in total. The van der Waals surface area contributed by atoms with Crippen LogP contribution in [0.1, 0.15) is 43.7 Å². The van der Waals surface area contributed by atoms with Crippen molar-refractivity contribution in [2.24, 2.45) is 0 Å². The lowest BCUT2D eigenvalue weighted by molar-refractivity contribution is -0.153. The second-order valence-electron chi connectivity index (χ2n) is 11.5. The van der Waals surface area contributed by atoms with E-state index in [0.29, 0.717) is 43.8 Å². The van der Waals surface area contributed by atoms with Crippen LogP contribution in [0.25, 0.3) is 0 Å². The number of ether oxygens (including phenoxy) is 3. The molecule has 0 saturated carbocycles. The van der Waals surface area contributed by atoms with Crippen LogP contribution in [-0.2, 0) is 22.6 Å². The van der Waals surface area contributed by atoms with E-state index >= 15 is 0 Å². The van der Waals surface area contributed by atoms with Gasteiger partial charge >= 0.3 is 12.3 Å². The zero-order chi connectivity index (χ0) is 30.6. The van der Waals surface area contributed by atoms with E-state index < -0.39 is 25.0 Å². The van der Waals surface area contributed by atoms with Crippen LogP contribution in [0.5, 0.6) is 11.5 Å². The van der Waals surface area contributed by atoms with Crippen LogP contribution in [0, 0.1) is 0 Å². The van der Waals surface area contributed by atoms with Gasteiger partial charge in [0.15, 0.2) is 6.61 Å². The Kier molecular flexibility index (Phi) is 9.65. The Morgan fingerprint density at radius 2 is 1.79 bits per heavy atom. The molecule has 9 nitrogen and oxygen atoms in total. The van der Waals surface area contributed by atoms with Crippen LogP contribution in [-0.4, -0.2) is 90.7 Å². The fourth-order valence-electron chi connectivity index (χ4n) is 5.99. The molecule has 43 heavy (non-hydrogen) atoms. The van der Waals surface area contributed by atoms with Crippen LogP contribution in [0.4, 0.5) is 23.7 Å². The Bertz CT molecular complexity index is 1270. The second-order valence-corrected chi connectivity index (χ2v) is 11.5. The lowest BCUT2D eigenvalue weighted by Gasteiger charge is -2.40. The number of piperidine rings is 2. The molecule has 3 heterocycles. The molecule has 2 amide bonds. The maximum atomic E-state index is 13.3. The molecule has 1 unspecified atom stereocenters. The number of alkyl halides is 3. The number of carbonyl (C=O) groups excluding carboxylic acids is 2. The first-order chi connectivity index (χ1) is 20.6. The third kappa shape index (κ3) is 8.11. The highest BCUT2D eigenvalue weighted by molar-refractivity contribution is 5.91. The van der Waals surface area contributed by atoms with E-state index in [4.69, 9.17) is 14.2 Å². The van der Waals surface area contributed by atoms with Gasteiger partial charge in [0.2, 0.25) is 5.91 Å². The Hall–Kier alpha value is -3.51. The predicted molar refractivity (Wildman–Crippen MR) is 152 cm³/mol. The molecule has 2 fully saturated rings. The quantitative estimate of drug-likeness (QED) is 0.449. The second kappa shape index (κ2) is 13.4. The predicted octanol–water partition coefficient (Wildman–Crippen LogP) is 4.54. The lowest BCUT2D eigenvalue weighted by atomic mass is 10.00. The number of hydrogen-bond donors (Lipinski definition) is 1. The summed E-state index contributed by atoms with van der Waals surface area (Å²) in [7, 11) is 0. The number of para-hydroxylation sites is 1. The molecule has 2 aromatic carbocycles. The van der Waals surface area contributed by atoms with Crippen LogP contribution in [0.2, 0.25) is 0 Å².